The van der Waals surface area contributed by atoms with E-state index < -0.39 is 54.6 Å². The zero-order valence-corrected chi connectivity index (χ0v) is 24.1. The topological polar surface area (TPSA) is 159 Å². The van der Waals surface area contributed by atoms with E-state index in [2.05, 4.69) is 35.7 Å². The monoisotopic (exact) mass is 642 g/mol. The van der Waals surface area contributed by atoms with Crippen molar-refractivity contribution < 1.29 is 45.6 Å². The molecule has 3 fully saturated rings. The third-order valence-electron chi connectivity index (χ3n) is 8.57. The SMILES string of the molecule is Cc1nonc1C(=O)N[C@H](c1cn2nc(CC3OC(C(F)(F)F)CNC3=O)c(C3CCOCC3)nc2n1)C1CCC(F)(F)CC1. The van der Waals surface area contributed by atoms with Gasteiger partial charge in [0.15, 0.2) is 11.8 Å². The second-order valence-corrected chi connectivity index (χ2v) is 11.7. The lowest BCUT2D eigenvalue weighted by Gasteiger charge is -2.33. The van der Waals surface area contributed by atoms with E-state index in [0.717, 1.165) is 0 Å². The first-order valence-corrected chi connectivity index (χ1v) is 14.7. The fourth-order valence-corrected chi connectivity index (χ4v) is 6.08. The second-order valence-electron chi connectivity index (χ2n) is 11.7. The normalized spacial score (nSPS) is 24.0. The van der Waals surface area contributed by atoms with Crippen molar-refractivity contribution in [3.63, 3.8) is 0 Å². The number of nitrogens with one attached hydrogen (secondary N) is 2. The lowest BCUT2D eigenvalue weighted by atomic mass is 9.81. The minimum Gasteiger partial charge on any atom is -0.381 e. The second kappa shape index (κ2) is 12.2. The molecule has 5 heterocycles. The maximum atomic E-state index is 14.1. The van der Waals surface area contributed by atoms with Gasteiger partial charge in [-0.15, -0.1) is 0 Å². The molecule has 3 atom stereocenters. The van der Waals surface area contributed by atoms with Crippen LogP contribution in [0.1, 0.15) is 83.7 Å². The summed E-state index contributed by atoms with van der Waals surface area (Å²) in [6, 6.07) is -0.830. The largest absolute Gasteiger partial charge is 0.416 e. The van der Waals surface area contributed by atoms with E-state index in [1.54, 1.807) is 0 Å². The van der Waals surface area contributed by atoms with Gasteiger partial charge in [0.1, 0.15) is 11.8 Å². The number of ether oxygens (including phenoxy) is 2. The summed E-state index contributed by atoms with van der Waals surface area (Å²) in [5.74, 6) is -4.58. The van der Waals surface area contributed by atoms with Crippen molar-refractivity contribution in [2.45, 2.75) is 88.1 Å². The molecule has 3 aromatic rings. The van der Waals surface area contributed by atoms with E-state index in [0.29, 0.717) is 37.4 Å². The Morgan fingerprint density at radius 2 is 1.89 bits per heavy atom. The highest BCUT2D eigenvalue weighted by Crippen LogP contribution is 2.41. The van der Waals surface area contributed by atoms with Crippen molar-refractivity contribution in [3.05, 3.63) is 34.7 Å². The van der Waals surface area contributed by atoms with Crippen LogP contribution in [0.5, 0.6) is 0 Å². The lowest BCUT2D eigenvalue weighted by molar-refractivity contribution is -0.237. The minimum atomic E-state index is -4.67. The number of alkyl halides is 5. The molecule has 0 bridgehead atoms. The summed E-state index contributed by atoms with van der Waals surface area (Å²) in [5, 5.41) is 17.0. The van der Waals surface area contributed by atoms with Gasteiger partial charge in [0.25, 0.3) is 11.7 Å². The van der Waals surface area contributed by atoms with Crippen LogP contribution in [0.3, 0.4) is 0 Å². The van der Waals surface area contributed by atoms with Crippen LogP contribution in [-0.2, 0) is 20.7 Å². The number of nitrogens with zero attached hydrogens (tertiary/aromatic N) is 6. The molecule has 2 amide bonds. The number of imidazole rings is 1. The molecule has 2 N–H and O–H groups in total. The molecule has 0 aromatic carbocycles. The molecule has 45 heavy (non-hydrogen) atoms. The van der Waals surface area contributed by atoms with Crippen LogP contribution in [-0.4, -0.2) is 85.8 Å². The van der Waals surface area contributed by atoms with Gasteiger partial charge in [0.2, 0.25) is 11.8 Å². The summed E-state index contributed by atoms with van der Waals surface area (Å²) in [6.45, 7) is 1.71. The third kappa shape index (κ3) is 6.75. The average Bonchev–Trinajstić information content (AvgIpc) is 3.62. The van der Waals surface area contributed by atoms with Crippen LogP contribution in [0.4, 0.5) is 22.0 Å². The number of rotatable bonds is 7. The molecule has 2 aliphatic heterocycles. The number of hydrogen-bond acceptors (Lipinski definition) is 10. The van der Waals surface area contributed by atoms with Crippen LogP contribution in [0.2, 0.25) is 0 Å². The zero-order valence-electron chi connectivity index (χ0n) is 24.1. The number of aryl methyl sites for hydroxylation is 1. The van der Waals surface area contributed by atoms with Crippen LogP contribution in [0.15, 0.2) is 10.8 Å². The van der Waals surface area contributed by atoms with E-state index in [1.807, 2.05) is 0 Å². The molecule has 3 aliphatic rings. The predicted octanol–water partition coefficient (Wildman–Crippen LogP) is 2.99. The van der Waals surface area contributed by atoms with Crippen LogP contribution >= 0.6 is 0 Å². The van der Waals surface area contributed by atoms with Gasteiger partial charge >= 0.3 is 6.18 Å². The molecule has 13 nitrogen and oxygen atoms in total. The summed E-state index contributed by atoms with van der Waals surface area (Å²) < 4.78 is 85.0. The van der Waals surface area contributed by atoms with Gasteiger partial charge in [-0.2, -0.15) is 18.3 Å². The van der Waals surface area contributed by atoms with Crippen LogP contribution in [0.25, 0.3) is 5.78 Å². The maximum absolute atomic E-state index is 14.1. The Bertz CT molecular complexity index is 1550. The highest BCUT2D eigenvalue weighted by Gasteiger charge is 2.46. The first kappa shape index (κ1) is 31.2. The molecule has 0 spiro atoms. The molecule has 1 saturated carbocycles. The Morgan fingerprint density at radius 3 is 2.56 bits per heavy atom. The highest BCUT2D eigenvalue weighted by atomic mass is 19.4. The molecule has 18 heteroatoms. The summed E-state index contributed by atoms with van der Waals surface area (Å²) in [7, 11) is 0. The van der Waals surface area contributed by atoms with Crippen molar-refractivity contribution in [1.29, 1.82) is 0 Å². The fraction of sp³-hybridized carbons (Fsp3) is 0.667. The first-order valence-electron chi connectivity index (χ1n) is 14.7. The smallest absolute Gasteiger partial charge is 0.381 e. The number of morpholine rings is 1. The van der Waals surface area contributed by atoms with E-state index in [1.165, 1.54) is 17.6 Å². The van der Waals surface area contributed by atoms with Crippen LogP contribution < -0.4 is 10.6 Å². The molecule has 6 rings (SSSR count). The number of amides is 2. The Hall–Kier alpha value is -3.80. The lowest BCUT2D eigenvalue weighted by Crippen LogP contribution is -2.55. The number of halogens is 5. The first-order chi connectivity index (χ1) is 21.4. The number of hydrogen-bond donors (Lipinski definition) is 2. The number of carbonyl (C=O) groups is 2. The Labute approximate surface area is 252 Å². The quantitative estimate of drug-likeness (QED) is 0.367. The molecule has 244 valence electrons. The molecule has 2 saturated heterocycles. The van der Waals surface area contributed by atoms with Gasteiger partial charge in [-0.3, -0.25) is 9.59 Å². The summed E-state index contributed by atoms with van der Waals surface area (Å²) in [6.07, 6.45) is -6.48. The molecule has 0 radical (unpaired) electrons. The third-order valence-corrected chi connectivity index (χ3v) is 8.57. The van der Waals surface area contributed by atoms with E-state index in [-0.39, 0.29) is 60.9 Å². The minimum absolute atomic E-state index is 0.0619. The molecule has 1 aliphatic carbocycles. The fourth-order valence-electron chi connectivity index (χ4n) is 6.08. The number of aromatic nitrogens is 6. The van der Waals surface area contributed by atoms with Crippen molar-refractivity contribution in [2.24, 2.45) is 5.92 Å². The average molecular weight is 643 g/mol. The number of fused-ring (bicyclic) bond motifs is 1. The molecule has 2 unspecified atom stereocenters. The van der Waals surface area contributed by atoms with Crippen LogP contribution in [0, 0.1) is 12.8 Å². The zero-order chi connectivity index (χ0) is 31.9. The van der Waals surface area contributed by atoms with Crippen molar-refractivity contribution in [1.82, 2.24) is 40.5 Å². The van der Waals surface area contributed by atoms with Crippen molar-refractivity contribution >= 4 is 17.6 Å². The molecular weight excluding hydrogens is 611 g/mol. The summed E-state index contributed by atoms with van der Waals surface area (Å²) in [5.41, 5.74) is 1.19. The predicted molar refractivity (Wildman–Crippen MR) is 141 cm³/mol. The van der Waals surface area contributed by atoms with E-state index >= 15 is 0 Å². The maximum Gasteiger partial charge on any atom is 0.416 e. The summed E-state index contributed by atoms with van der Waals surface area (Å²) in [4.78, 5) is 35.0. The van der Waals surface area contributed by atoms with E-state index in [9.17, 15) is 31.5 Å². The van der Waals surface area contributed by atoms with Crippen molar-refractivity contribution in [2.75, 3.05) is 19.8 Å². The van der Waals surface area contributed by atoms with E-state index in [4.69, 9.17) is 14.5 Å². The highest BCUT2D eigenvalue weighted by molar-refractivity contribution is 5.93. The molecular formula is C27H31F5N8O5. The van der Waals surface area contributed by atoms with Crippen molar-refractivity contribution in [3.8, 4) is 0 Å². The van der Waals surface area contributed by atoms with Gasteiger partial charge in [0.05, 0.1) is 35.9 Å². The number of carbonyl (C=O) groups excluding carboxylic acids is 2. The Morgan fingerprint density at radius 1 is 1.16 bits per heavy atom. The van der Waals surface area contributed by atoms with Gasteiger partial charge in [-0.1, -0.05) is 5.16 Å². The van der Waals surface area contributed by atoms with Gasteiger partial charge < -0.3 is 20.1 Å². The Balaban J connectivity index is 1.35. The summed E-state index contributed by atoms with van der Waals surface area (Å²) >= 11 is 0. The van der Waals surface area contributed by atoms with Gasteiger partial charge in [-0.25, -0.2) is 27.9 Å². The standard InChI is InChI=1S/C27H31F5N8O5/c1-13-20(39-45-38-13)24(42)35-22(14-2-6-26(28,29)7-3-14)17-12-40-25(34-17)36-21(15-4-8-43-9-5-15)16(37-40)10-18-23(41)33-11-19(44-18)27(30,31)32/h12,14-15,18-19,22H,2-11H2,1H3,(H,33,41)(H,35,42)/t18?,19?,22-/m0/s1. The molecule has 3 aromatic heterocycles. The Kier molecular flexibility index (Phi) is 8.45. The van der Waals surface area contributed by atoms with Gasteiger partial charge in [0, 0.05) is 38.4 Å². The van der Waals surface area contributed by atoms with Gasteiger partial charge in [-0.05, 0) is 43.7 Å².